The van der Waals surface area contributed by atoms with Gasteiger partial charge in [0, 0.05) is 18.4 Å². The number of aliphatic hydroxyl groups is 1. The Morgan fingerprint density at radius 3 is 3.13 bits per heavy atom. The van der Waals surface area contributed by atoms with Crippen LogP contribution in [0.1, 0.15) is 22.5 Å². The van der Waals surface area contributed by atoms with Gasteiger partial charge in [0.15, 0.2) is 5.69 Å². The second-order valence-corrected chi connectivity index (χ2v) is 2.85. The van der Waals surface area contributed by atoms with Crippen molar-refractivity contribution in [3.8, 4) is 0 Å². The first-order valence-corrected chi connectivity index (χ1v) is 4.60. The number of methoxy groups -OCH3 is 1. The van der Waals surface area contributed by atoms with Crippen LogP contribution in [0.5, 0.6) is 0 Å². The molecule has 0 saturated heterocycles. The molecule has 0 aliphatic heterocycles. The Balaban J connectivity index is 2.91. The van der Waals surface area contributed by atoms with Gasteiger partial charge in [-0.05, 0) is 12.5 Å². The van der Waals surface area contributed by atoms with E-state index < -0.39 is 5.97 Å². The lowest BCUT2D eigenvalue weighted by atomic mass is 10.1. The lowest BCUT2D eigenvalue weighted by Gasteiger charge is -2.01. The summed E-state index contributed by atoms with van der Waals surface area (Å²) >= 11 is 0. The van der Waals surface area contributed by atoms with Crippen molar-refractivity contribution < 1.29 is 14.6 Å². The van der Waals surface area contributed by atoms with Crippen LogP contribution in [0.15, 0.2) is 24.4 Å². The van der Waals surface area contributed by atoms with E-state index in [2.05, 4.69) is 9.72 Å². The molecule has 0 unspecified atom stereocenters. The highest BCUT2D eigenvalue weighted by Gasteiger charge is 2.10. The van der Waals surface area contributed by atoms with E-state index in [-0.39, 0.29) is 12.3 Å². The van der Waals surface area contributed by atoms with Gasteiger partial charge < -0.3 is 9.84 Å². The average molecular weight is 207 g/mol. The summed E-state index contributed by atoms with van der Waals surface area (Å²) in [6.07, 6.45) is 5.62. The van der Waals surface area contributed by atoms with Crippen LogP contribution < -0.4 is 0 Å². The van der Waals surface area contributed by atoms with Crippen molar-refractivity contribution in [2.75, 3.05) is 13.7 Å². The van der Waals surface area contributed by atoms with Gasteiger partial charge >= 0.3 is 5.97 Å². The maximum Gasteiger partial charge on any atom is 0.357 e. The van der Waals surface area contributed by atoms with Gasteiger partial charge in [-0.1, -0.05) is 18.2 Å². The minimum atomic E-state index is -0.459. The van der Waals surface area contributed by atoms with Crippen molar-refractivity contribution in [1.82, 2.24) is 4.98 Å². The highest BCUT2D eigenvalue weighted by Crippen LogP contribution is 2.09. The molecule has 0 atom stereocenters. The molecule has 0 saturated carbocycles. The van der Waals surface area contributed by atoms with E-state index in [0.29, 0.717) is 12.0 Å². The van der Waals surface area contributed by atoms with Crippen molar-refractivity contribution >= 4 is 12.0 Å². The molecule has 0 bridgehead atoms. The number of nitrogens with zero attached hydrogens (tertiary/aromatic N) is 1. The summed E-state index contributed by atoms with van der Waals surface area (Å²) in [5, 5.41) is 8.61. The van der Waals surface area contributed by atoms with E-state index in [1.807, 2.05) is 0 Å². The van der Waals surface area contributed by atoms with Crippen molar-refractivity contribution in [3.05, 3.63) is 35.7 Å². The number of rotatable bonds is 4. The van der Waals surface area contributed by atoms with Crippen molar-refractivity contribution in [3.63, 3.8) is 0 Å². The van der Waals surface area contributed by atoms with Gasteiger partial charge in [0.25, 0.3) is 0 Å². The van der Waals surface area contributed by atoms with Crippen LogP contribution in [-0.4, -0.2) is 29.8 Å². The van der Waals surface area contributed by atoms with Crippen LogP contribution in [0.4, 0.5) is 0 Å². The quantitative estimate of drug-likeness (QED) is 0.755. The number of carbonyl (C=O) groups is 1. The van der Waals surface area contributed by atoms with E-state index in [1.54, 1.807) is 24.3 Å². The minimum absolute atomic E-state index is 0.0876. The third kappa shape index (κ3) is 3.18. The fourth-order valence-corrected chi connectivity index (χ4v) is 1.10. The number of aromatic nitrogens is 1. The zero-order valence-corrected chi connectivity index (χ0v) is 8.51. The third-order valence-corrected chi connectivity index (χ3v) is 1.81. The van der Waals surface area contributed by atoms with E-state index >= 15 is 0 Å². The largest absolute Gasteiger partial charge is 0.464 e. The van der Waals surface area contributed by atoms with Gasteiger partial charge in [-0.25, -0.2) is 9.78 Å². The maximum atomic E-state index is 11.3. The van der Waals surface area contributed by atoms with E-state index in [0.717, 1.165) is 0 Å². The van der Waals surface area contributed by atoms with E-state index in [1.165, 1.54) is 13.3 Å². The van der Waals surface area contributed by atoms with Crippen LogP contribution in [0, 0.1) is 0 Å². The van der Waals surface area contributed by atoms with Gasteiger partial charge in [-0.15, -0.1) is 0 Å². The van der Waals surface area contributed by atoms with E-state index in [4.69, 9.17) is 5.11 Å². The van der Waals surface area contributed by atoms with Gasteiger partial charge in [0.1, 0.15) is 0 Å². The normalized spacial score (nSPS) is 10.5. The Morgan fingerprint density at radius 1 is 1.67 bits per heavy atom. The first-order chi connectivity index (χ1) is 7.29. The molecule has 0 amide bonds. The van der Waals surface area contributed by atoms with Gasteiger partial charge in [-0.3, -0.25) is 0 Å². The summed E-state index contributed by atoms with van der Waals surface area (Å²) < 4.78 is 4.60. The maximum absolute atomic E-state index is 11.3. The Kier molecular flexibility index (Phi) is 4.50. The first-order valence-electron chi connectivity index (χ1n) is 4.60. The molecule has 1 aromatic heterocycles. The van der Waals surface area contributed by atoms with E-state index in [9.17, 15) is 4.79 Å². The van der Waals surface area contributed by atoms with Gasteiger partial charge in [0.2, 0.25) is 0 Å². The topological polar surface area (TPSA) is 59.4 Å². The molecule has 0 aromatic carbocycles. The lowest BCUT2D eigenvalue weighted by molar-refractivity contribution is 0.0594. The lowest BCUT2D eigenvalue weighted by Crippen LogP contribution is -2.06. The second-order valence-electron chi connectivity index (χ2n) is 2.85. The minimum Gasteiger partial charge on any atom is -0.464 e. The van der Waals surface area contributed by atoms with Crippen LogP contribution in [0.2, 0.25) is 0 Å². The number of ether oxygens (including phenoxy) is 1. The number of hydrogen-bond acceptors (Lipinski definition) is 4. The summed E-state index contributed by atoms with van der Waals surface area (Å²) in [7, 11) is 1.32. The summed E-state index contributed by atoms with van der Waals surface area (Å²) in [5.41, 5.74) is 0.979. The molecule has 80 valence electrons. The smallest absolute Gasteiger partial charge is 0.357 e. The SMILES string of the molecule is COC(=O)c1ncccc1C=CCCO. The predicted octanol–water partition coefficient (Wildman–Crippen LogP) is 1.26. The zero-order valence-electron chi connectivity index (χ0n) is 8.51. The molecular weight excluding hydrogens is 194 g/mol. The molecule has 4 nitrogen and oxygen atoms in total. The number of hydrogen-bond donors (Lipinski definition) is 1. The Hall–Kier alpha value is -1.68. The highest BCUT2D eigenvalue weighted by molar-refractivity contribution is 5.91. The molecule has 0 fully saturated rings. The van der Waals surface area contributed by atoms with Gasteiger partial charge in [-0.2, -0.15) is 0 Å². The fourth-order valence-electron chi connectivity index (χ4n) is 1.10. The Bertz CT molecular complexity index is 361. The van der Waals surface area contributed by atoms with Crippen LogP contribution in [0.25, 0.3) is 6.08 Å². The summed E-state index contributed by atoms with van der Waals surface area (Å²) in [6.45, 7) is 0.0876. The summed E-state index contributed by atoms with van der Waals surface area (Å²) in [5.74, 6) is -0.459. The molecule has 4 heteroatoms. The fraction of sp³-hybridized carbons (Fsp3) is 0.273. The molecule has 15 heavy (non-hydrogen) atoms. The Morgan fingerprint density at radius 2 is 2.47 bits per heavy atom. The van der Waals surface area contributed by atoms with Crippen molar-refractivity contribution in [2.24, 2.45) is 0 Å². The molecule has 0 radical (unpaired) electrons. The Labute approximate surface area is 88.2 Å². The van der Waals surface area contributed by atoms with Crippen molar-refractivity contribution in [2.45, 2.75) is 6.42 Å². The molecule has 0 spiro atoms. The average Bonchev–Trinajstić information content (AvgIpc) is 2.29. The molecular formula is C11H13NO3. The standard InChI is InChI=1S/C11H13NO3/c1-15-11(14)10-9(5-2-3-8-13)6-4-7-12-10/h2,4-7,13H,3,8H2,1H3. The van der Waals surface area contributed by atoms with Crippen LogP contribution >= 0.6 is 0 Å². The number of aliphatic hydroxyl groups excluding tert-OH is 1. The molecule has 0 aliphatic rings. The summed E-state index contributed by atoms with van der Waals surface area (Å²) in [4.78, 5) is 15.2. The number of pyridine rings is 1. The zero-order chi connectivity index (χ0) is 11.1. The molecule has 1 heterocycles. The third-order valence-electron chi connectivity index (χ3n) is 1.81. The van der Waals surface area contributed by atoms with Gasteiger partial charge in [0.05, 0.1) is 7.11 Å². The summed E-state index contributed by atoms with van der Waals surface area (Å²) in [6, 6.07) is 3.51. The van der Waals surface area contributed by atoms with Crippen molar-refractivity contribution in [1.29, 1.82) is 0 Å². The number of carbonyl (C=O) groups excluding carboxylic acids is 1. The molecule has 0 aliphatic carbocycles. The van der Waals surface area contributed by atoms with Crippen LogP contribution in [-0.2, 0) is 4.74 Å². The first kappa shape index (κ1) is 11.4. The number of esters is 1. The molecule has 1 aromatic rings. The second kappa shape index (κ2) is 5.93. The highest BCUT2D eigenvalue weighted by atomic mass is 16.5. The predicted molar refractivity (Wildman–Crippen MR) is 56.3 cm³/mol. The molecule has 1 rings (SSSR count). The monoisotopic (exact) mass is 207 g/mol. The van der Waals surface area contributed by atoms with Crippen LogP contribution in [0.3, 0.4) is 0 Å². The molecule has 1 N–H and O–H groups in total.